The highest BCUT2D eigenvalue weighted by Gasteiger charge is 2.42. The number of hydrogen-bond acceptors (Lipinski definition) is 6. The smallest absolute Gasteiger partial charge is 0.269 e. The number of nitrogens with one attached hydrogen (secondary N) is 2. The molecule has 2 aromatic carbocycles. The first-order valence-electron chi connectivity index (χ1n) is 11.8. The van der Waals surface area contributed by atoms with E-state index in [9.17, 15) is 14.9 Å². The quantitative estimate of drug-likeness (QED) is 0.195. The molecule has 4 aromatic rings. The lowest BCUT2D eigenvalue weighted by Gasteiger charge is -2.29. The molecule has 10 nitrogen and oxygen atoms in total. The summed E-state index contributed by atoms with van der Waals surface area (Å²) in [5.74, 6) is -0.243. The molecule has 0 aliphatic carbocycles. The van der Waals surface area contributed by atoms with E-state index >= 15 is 0 Å². The van der Waals surface area contributed by atoms with Crippen LogP contribution in [0.2, 0.25) is 0 Å². The number of ether oxygens (including phenoxy) is 1. The summed E-state index contributed by atoms with van der Waals surface area (Å²) in [6, 6.07) is 22.9. The van der Waals surface area contributed by atoms with Crippen LogP contribution in [0.4, 0.5) is 17.1 Å². The summed E-state index contributed by atoms with van der Waals surface area (Å²) < 4.78 is 6.88. The van der Waals surface area contributed by atoms with Crippen LogP contribution in [0.15, 0.2) is 91.3 Å². The molecule has 1 fully saturated rings. The van der Waals surface area contributed by atoms with Crippen LogP contribution < -0.4 is 15.5 Å². The number of nitro groups is 1. The van der Waals surface area contributed by atoms with E-state index in [1.807, 2.05) is 70.3 Å². The van der Waals surface area contributed by atoms with Gasteiger partial charge in [0.15, 0.2) is 5.11 Å². The molecule has 3 heterocycles. The highest BCUT2D eigenvalue weighted by Crippen LogP contribution is 2.42. The molecule has 38 heavy (non-hydrogen) atoms. The van der Waals surface area contributed by atoms with Crippen molar-refractivity contribution in [3.8, 4) is 5.69 Å². The van der Waals surface area contributed by atoms with Crippen molar-refractivity contribution in [1.29, 1.82) is 0 Å². The van der Waals surface area contributed by atoms with Crippen molar-refractivity contribution in [3.63, 3.8) is 0 Å². The minimum absolute atomic E-state index is 0.0248. The summed E-state index contributed by atoms with van der Waals surface area (Å²) in [4.78, 5) is 29.3. The number of benzene rings is 2. The van der Waals surface area contributed by atoms with Crippen molar-refractivity contribution in [2.75, 3.05) is 23.9 Å². The van der Waals surface area contributed by atoms with Gasteiger partial charge in [-0.15, -0.1) is 0 Å². The molecule has 0 unspecified atom stereocenters. The van der Waals surface area contributed by atoms with Gasteiger partial charge in [-0.05, 0) is 72.9 Å². The minimum Gasteiger partial charge on any atom is -0.375 e. The normalized spacial score (nSPS) is 16.8. The van der Waals surface area contributed by atoms with Crippen molar-refractivity contribution < 1.29 is 14.5 Å². The first-order chi connectivity index (χ1) is 18.5. The van der Waals surface area contributed by atoms with Gasteiger partial charge in [0.25, 0.3) is 5.69 Å². The van der Waals surface area contributed by atoms with Gasteiger partial charge in [0.2, 0.25) is 5.91 Å². The monoisotopic (exact) mass is 528 g/mol. The molecule has 1 amide bonds. The zero-order valence-corrected chi connectivity index (χ0v) is 21.2. The van der Waals surface area contributed by atoms with Gasteiger partial charge in [0.05, 0.1) is 16.7 Å². The number of non-ortho nitro benzene ring substituents is 1. The number of methoxy groups -OCH3 is 1. The average Bonchev–Trinajstić information content (AvgIpc) is 3.54. The Morgan fingerprint density at radius 2 is 1.82 bits per heavy atom. The van der Waals surface area contributed by atoms with Crippen molar-refractivity contribution in [2.45, 2.75) is 12.1 Å². The molecule has 0 bridgehead atoms. The lowest BCUT2D eigenvalue weighted by Crippen LogP contribution is -2.30. The number of nitrogens with zero attached hydrogens (tertiary/aromatic N) is 4. The topological polar surface area (TPSA) is 115 Å². The van der Waals surface area contributed by atoms with E-state index in [1.54, 1.807) is 18.3 Å². The Morgan fingerprint density at radius 3 is 2.47 bits per heavy atom. The van der Waals surface area contributed by atoms with Crippen molar-refractivity contribution >= 4 is 40.3 Å². The molecular formula is C27H24N6O4S. The van der Waals surface area contributed by atoms with Gasteiger partial charge in [-0.2, -0.15) is 0 Å². The predicted octanol–water partition coefficient (Wildman–Crippen LogP) is 4.54. The number of thiocarbonyl (C=S) groups is 1. The van der Waals surface area contributed by atoms with E-state index in [-0.39, 0.29) is 30.3 Å². The standard InChI is InChI=1S/C27H24N6O4S/c1-37-17-24(34)29-18-7-9-20(10-8-18)32-26(25(30-27(32)38)22-5-2-3-15-28-22)23-6-4-16-31(23)19-11-13-21(14-12-19)33(35)36/h2-16,25-26H,17H2,1H3,(H,29,34)(H,30,38)/t25-,26+/m1/s1. The van der Waals surface area contributed by atoms with Gasteiger partial charge in [0.1, 0.15) is 12.6 Å². The number of hydrogen-bond donors (Lipinski definition) is 2. The lowest BCUT2D eigenvalue weighted by atomic mass is 10.0. The summed E-state index contributed by atoms with van der Waals surface area (Å²) in [5.41, 5.74) is 4.01. The van der Waals surface area contributed by atoms with Gasteiger partial charge in [0, 0.05) is 54.4 Å². The Bertz CT molecular complexity index is 1460. The fourth-order valence-corrected chi connectivity index (χ4v) is 4.92. The molecule has 1 aliphatic rings. The van der Waals surface area contributed by atoms with Crippen LogP contribution in [0.1, 0.15) is 23.5 Å². The predicted molar refractivity (Wildman–Crippen MR) is 147 cm³/mol. The largest absolute Gasteiger partial charge is 0.375 e. The molecule has 192 valence electrons. The number of amides is 1. The number of rotatable bonds is 8. The van der Waals surface area contributed by atoms with E-state index in [4.69, 9.17) is 17.0 Å². The average molecular weight is 529 g/mol. The summed E-state index contributed by atoms with van der Waals surface area (Å²) in [6.45, 7) is -0.0324. The number of carbonyl (C=O) groups excluding carboxylic acids is 1. The van der Waals surface area contributed by atoms with Crippen molar-refractivity contribution in [2.24, 2.45) is 0 Å². The molecule has 1 saturated heterocycles. The SMILES string of the molecule is COCC(=O)Nc1ccc(N2C(=S)N[C@H](c3ccccn3)[C@@H]2c2cccn2-c2ccc([N+](=O)[O-])cc2)cc1. The van der Waals surface area contributed by atoms with Gasteiger partial charge < -0.3 is 24.8 Å². The molecule has 2 aromatic heterocycles. The summed E-state index contributed by atoms with van der Waals surface area (Å²) in [5, 5.41) is 17.9. The van der Waals surface area contributed by atoms with Gasteiger partial charge in [-0.1, -0.05) is 6.07 Å². The first kappa shape index (κ1) is 25.1. The highest BCUT2D eigenvalue weighted by molar-refractivity contribution is 7.80. The Labute approximate surface area is 224 Å². The van der Waals surface area contributed by atoms with Crippen LogP contribution in [0, 0.1) is 10.1 Å². The van der Waals surface area contributed by atoms with Gasteiger partial charge >= 0.3 is 0 Å². The molecule has 0 saturated carbocycles. The van der Waals surface area contributed by atoms with Crippen LogP contribution in [0.5, 0.6) is 0 Å². The van der Waals surface area contributed by atoms with E-state index in [0.717, 1.165) is 22.8 Å². The van der Waals surface area contributed by atoms with Crippen LogP contribution >= 0.6 is 12.2 Å². The molecule has 0 spiro atoms. The van der Waals surface area contributed by atoms with Crippen LogP contribution in [0.25, 0.3) is 5.69 Å². The van der Waals surface area contributed by atoms with Crippen LogP contribution in [0.3, 0.4) is 0 Å². The third-order valence-electron chi connectivity index (χ3n) is 6.22. The molecule has 0 radical (unpaired) electrons. The zero-order valence-electron chi connectivity index (χ0n) is 20.4. The molecule has 11 heteroatoms. The Morgan fingerprint density at radius 1 is 1.08 bits per heavy atom. The number of anilines is 2. The minimum atomic E-state index is -0.417. The maximum Gasteiger partial charge on any atom is 0.269 e. The maximum atomic E-state index is 11.9. The highest BCUT2D eigenvalue weighted by atomic mass is 32.1. The van der Waals surface area contributed by atoms with Gasteiger partial charge in [-0.3, -0.25) is 19.9 Å². The summed E-state index contributed by atoms with van der Waals surface area (Å²) in [7, 11) is 1.47. The Hall–Kier alpha value is -4.61. The number of aromatic nitrogens is 2. The van der Waals surface area contributed by atoms with E-state index in [1.165, 1.54) is 19.2 Å². The fraction of sp³-hybridized carbons (Fsp3) is 0.148. The third-order valence-corrected chi connectivity index (χ3v) is 6.54. The Balaban J connectivity index is 1.55. The van der Waals surface area contributed by atoms with E-state index in [2.05, 4.69) is 15.6 Å². The van der Waals surface area contributed by atoms with E-state index in [0.29, 0.717) is 10.8 Å². The summed E-state index contributed by atoms with van der Waals surface area (Å²) >= 11 is 5.81. The molecular weight excluding hydrogens is 504 g/mol. The van der Waals surface area contributed by atoms with Crippen molar-refractivity contribution in [3.05, 3.63) is 113 Å². The first-order valence-corrected chi connectivity index (χ1v) is 12.2. The second-order valence-electron chi connectivity index (χ2n) is 8.60. The lowest BCUT2D eigenvalue weighted by molar-refractivity contribution is -0.384. The second-order valence-corrected chi connectivity index (χ2v) is 8.99. The van der Waals surface area contributed by atoms with Crippen LogP contribution in [-0.2, 0) is 9.53 Å². The zero-order chi connectivity index (χ0) is 26.6. The Kier molecular flexibility index (Phi) is 7.11. The molecule has 2 N–H and O–H groups in total. The number of carbonyl (C=O) groups is 1. The molecule has 5 rings (SSSR count). The molecule has 1 aliphatic heterocycles. The van der Waals surface area contributed by atoms with Crippen LogP contribution in [-0.4, -0.2) is 39.2 Å². The second kappa shape index (κ2) is 10.8. The number of nitro benzene ring substituents is 1. The van der Waals surface area contributed by atoms with E-state index < -0.39 is 4.92 Å². The third kappa shape index (κ3) is 4.97. The van der Waals surface area contributed by atoms with Crippen molar-refractivity contribution in [1.82, 2.24) is 14.9 Å². The van der Waals surface area contributed by atoms with Gasteiger partial charge in [-0.25, -0.2) is 0 Å². The maximum absolute atomic E-state index is 11.9. The molecule has 2 atom stereocenters. The summed E-state index contributed by atoms with van der Waals surface area (Å²) in [6.07, 6.45) is 3.66. The fourth-order valence-electron chi connectivity index (χ4n) is 4.57. The number of pyridine rings is 1.